The van der Waals surface area contributed by atoms with Crippen molar-refractivity contribution in [2.24, 2.45) is 11.8 Å². The van der Waals surface area contributed by atoms with Crippen LogP contribution < -0.4 is 5.32 Å². The summed E-state index contributed by atoms with van der Waals surface area (Å²) < 4.78 is 0. The molecule has 5 nitrogen and oxygen atoms in total. The molecule has 0 saturated carbocycles. The van der Waals surface area contributed by atoms with Crippen molar-refractivity contribution >= 4 is 28.3 Å². The van der Waals surface area contributed by atoms with Gasteiger partial charge in [-0.2, -0.15) is 0 Å². The second kappa shape index (κ2) is 5.07. The van der Waals surface area contributed by atoms with Gasteiger partial charge < -0.3 is 10.4 Å². The largest absolute Gasteiger partial charge is 0.481 e. The van der Waals surface area contributed by atoms with Gasteiger partial charge in [-0.3, -0.25) is 9.59 Å². The normalized spacial score (nSPS) is 14.2. The molecular weight excluding hydrogens is 228 g/mol. The van der Waals surface area contributed by atoms with Crippen LogP contribution in [0.4, 0.5) is 5.13 Å². The summed E-state index contributed by atoms with van der Waals surface area (Å²) in [6.45, 7) is 4.99. The Bertz CT molecular complexity index is 403. The van der Waals surface area contributed by atoms with Gasteiger partial charge >= 0.3 is 5.97 Å². The Morgan fingerprint density at radius 3 is 2.50 bits per heavy atom. The monoisotopic (exact) mass is 242 g/mol. The second-order valence-electron chi connectivity index (χ2n) is 3.68. The summed E-state index contributed by atoms with van der Waals surface area (Å²) in [4.78, 5) is 27.3. The number of nitrogens with zero attached hydrogens (tertiary/aromatic N) is 1. The van der Waals surface area contributed by atoms with E-state index in [-0.39, 0.29) is 5.91 Å². The molecule has 0 bridgehead atoms. The Balaban J connectivity index is 2.62. The van der Waals surface area contributed by atoms with Gasteiger partial charge in [0.15, 0.2) is 5.13 Å². The van der Waals surface area contributed by atoms with Crippen LogP contribution in [0.2, 0.25) is 0 Å². The van der Waals surface area contributed by atoms with E-state index in [9.17, 15) is 9.59 Å². The van der Waals surface area contributed by atoms with Crippen LogP contribution in [0.3, 0.4) is 0 Å². The number of aliphatic carboxylic acids is 1. The van der Waals surface area contributed by atoms with E-state index in [0.717, 1.165) is 4.88 Å². The van der Waals surface area contributed by atoms with Gasteiger partial charge in [-0.1, -0.05) is 13.8 Å². The van der Waals surface area contributed by atoms with E-state index in [0.29, 0.717) is 5.13 Å². The first-order chi connectivity index (χ1) is 7.41. The molecule has 0 aliphatic heterocycles. The number of aryl methyl sites for hydroxylation is 1. The summed E-state index contributed by atoms with van der Waals surface area (Å²) in [6, 6.07) is 0. The number of carboxylic acid groups (broad SMARTS) is 1. The third-order valence-corrected chi connectivity index (χ3v) is 3.23. The molecule has 16 heavy (non-hydrogen) atoms. The number of carbonyl (C=O) groups is 2. The minimum atomic E-state index is -0.974. The molecular formula is C10H14N2O3S. The van der Waals surface area contributed by atoms with Gasteiger partial charge in [-0.05, 0) is 6.92 Å². The number of hydrogen-bond donors (Lipinski definition) is 2. The number of carbonyl (C=O) groups excluding carboxylic acids is 1. The first-order valence-electron chi connectivity index (χ1n) is 4.88. The van der Waals surface area contributed by atoms with Crippen LogP contribution in [-0.2, 0) is 9.59 Å². The number of anilines is 1. The highest BCUT2D eigenvalue weighted by molar-refractivity contribution is 7.15. The lowest BCUT2D eigenvalue weighted by Gasteiger charge is -2.14. The molecule has 2 atom stereocenters. The number of nitrogens with one attached hydrogen (secondary N) is 1. The maximum absolute atomic E-state index is 11.7. The molecule has 88 valence electrons. The molecule has 1 rings (SSSR count). The predicted molar refractivity (Wildman–Crippen MR) is 61.4 cm³/mol. The predicted octanol–water partition coefficient (Wildman–Crippen LogP) is 1.75. The summed E-state index contributed by atoms with van der Waals surface area (Å²) in [5, 5.41) is 11.9. The molecule has 6 heteroatoms. The van der Waals surface area contributed by atoms with E-state index >= 15 is 0 Å². The first kappa shape index (κ1) is 12.6. The van der Waals surface area contributed by atoms with Crippen LogP contribution in [0.25, 0.3) is 0 Å². The molecule has 0 aromatic carbocycles. The molecule has 0 aliphatic carbocycles. The minimum absolute atomic E-state index is 0.316. The van der Waals surface area contributed by atoms with Gasteiger partial charge in [0.2, 0.25) is 5.91 Å². The van der Waals surface area contributed by atoms with E-state index in [1.807, 2.05) is 6.92 Å². The van der Waals surface area contributed by atoms with Gasteiger partial charge in [0, 0.05) is 17.0 Å². The Morgan fingerprint density at radius 1 is 1.44 bits per heavy atom. The molecule has 1 amide bonds. The smallest absolute Gasteiger partial charge is 0.307 e. The summed E-state index contributed by atoms with van der Waals surface area (Å²) in [5.74, 6) is -2.58. The van der Waals surface area contributed by atoms with Crippen molar-refractivity contribution in [2.45, 2.75) is 20.8 Å². The fourth-order valence-corrected chi connectivity index (χ4v) is 1.74. The number of hydrogen-bond acceptors (Lipinski definition) is 4. The molecule has 0 fully saturated rings. The number of rotatable bonds is 4. The number of aromatic nitrogens is 1. The van der Waals surface area contributed by atoms with Crippen molar-refractivity contribution in [3.8, 4) is 0 Å². The molecule has 1 aromatic rings. The average Bonchev–Trinajstić information content (AvgIpc) is 2.61. The van der Waals surface area contributed by atoms with Crippen LogP contribution in [0.5, 0.6) is 0 Å². The zero-order chi connectivity index (χ0) is 12.3. The Labute approximate surface area is 97.5 Å². The summed E-state index contributed by atoms with van der Waals surface area (Å²) in [5.41, 5.74) is 0. The second-order valence-corrected chi connectivity index (χ2v) is 4.92. The lowest BCUT2D eigenvalue weighted by molar-refractivity contribution is -0.145. The van der Waals surface area contributed by atoms with Gasteiger partial charge in [0.1, 0.15) is 0 Å². The van der Waals surface area contributed by atoms with E-state index in [4.69, 9.17) is 5.11 Å². The van der Waals surface area contributed by atoms with E-state index in [2.05, 4.69) is 10.3 Å². The van der Waals surface area contributed by atoms with Crippen molar-refractivity contribution in [3.05, 3.63) is 11.1 Å². The fourth-order valence-electron chi connectivity index (χ4n) is 1.07. The van der Waals surface area contributed by atoms with E-state index in [1.54, 1.807) is 13.1 Å². The van der Waals surface area contributed by atoms with Crippen LogP contribution in [-0.4, -0.2) is 22.0 Å². The summed E-state index contributed by atoms with van der Waals surface area (Å²) >= 11 is 1.36. The quantitative estimate of drug-likeness (QED) is 0.843. The summed E-state index contributed by atoms with van der Waals surface area (Å²) in [7, 11) is 0. The number of thiazole rings is 1. The number of amides is 1. The Hall–Kier alpha value is -1.43. The third kappa shape index (κ3) is 3.03. The molecule has 2 N–H and O–H groups in total. The fraction of sp³-hybridized carbons (Fsp3) is 0.500. The van der Waals surface area contributed by atoms with Gasteiger partial charge in [-0.15, -0.1) is 11.3 Å². The molecule has 1 heterocycles. The SMILES string of the molecule is Cc1cnc(NC(=O)C(C)C(C)C(=O)O)s1. The van der Waals surface area contributed by atoms with Crippen LogP contribution >= 0.6 is 11.3 Å². The van der Waals surface area contributed by atoms with Crippen LogP contribution in [0, 0.1) is 18.8 Å². The highest BCUT2D eigenvalue weighted by atomic mass is 32.1. The topological polar surface area (TPSA) is 79.3 Å². The maximum atomic E-state index is 11.7. The van der Waals surface area contributed by atoms with E-state index in [1.165, 1.54) is 18.3 Å². The van der Waals surface area contributed by atoms with Crippen LogP contribution in [0.1, 0.15) is 18.7 Å². The van der Waals surface area contributed by atoms with Crippen LogP contribution in [0.15, 0.2) is 6.20 Å². The molecule has 0 saturated heterocycles. The molecule has 0 radical (unpaired) electrons. The molecule has 0 aliphatic rings. The van der Waals surface area contributed by atoms with Crippen molar-refractivity contribution < 1.29 is 14.7 Å². The Morgan fingerprint density at radius 2 is 2.06 bits per heavy atom. The minimum Gasteiger partial charge on any atom is -0.481 e. The zero-order valence-electron chi connectivity index (χ0n) is 9.35. The molecule has 2 unspecified atom stereocenters. The first-order valence-corrected chi connectivity index (χ1v) is 5.69. The van der Waals surface area contributed by atoms with E-state index < -0.39 is 17.8 Å². The average molecular weight is 242 g/mol. The summed E-state index contributed by atoms with van der Waals surface area (Å²) in [6.07, 6.45) is 1.66. The van der Waals surface area contributed by atoms with Gasteiger partial charge in [-0.25, -0.2) is 4.98 Å². The maximum Gasteiger partial charge on any atom is 0.307 e. The highest BCUT2D eigenvalue weighted by Gasteiger charge is 2.26. The van der Waals surface area contributed by atoms with Crippen molar-refractivity contribution in [2.75, 3.05) is 5.32 Å². The lowest BCUT2D eigenvalue weighted by atomic mass is 9.95. The number of carboxylic acids is 1. The molecule has 0 spiro atoms. The zero-order valence-corrected chi connectivity index (χ0v) is 10.2. The molecule has 1 aromatic heterocycles. The third-order valence-electron chi connectivity index (χ3n) is 2.40. The van der Waals surface area contributed by atoms with Gasteiger partial charge in [0.05, 0.1) is 5.92 Å². The highest BCUT2D eigenvalue weighted by Crippen LogP contribution is 2.19. The van der Waals surface area contributed by atoms with Crippen molar-refractivity contribution in [3.63, 3.8) is 0 Å². The van der Waals surface area contributed by atoms with Crippen molar-refractivity contribution in [1.29, 1.82) is 0 Å². The Kier molecular flexibility index (Phi) is 4.00. The standard InChI is InChI=1S/C10H14N2O3S/c1-5-4-11-10(16-5)12-8(13)6(2)7(3)9(14)15/h4,6-7H,1-3H3,(H,14,15)(H,11,12,13). The van der Waals surface area contributed by atoms with Crippen molar-refractivity contribution in [1.82, 2.24) is 4.98 Å². The van der Waals surface area contributed by atoms with Gasteiger partial charge in [0.25, 0.3) is 0 Å². The lowest BCUT2D eigenvalue weighted by Crippen LogP contribution is -2.29.